The van der Waals surface area contributed by atoms with E-state index in [0.717, 1.165) is 13.1 Å². The number of hydrogen-bond acceptors (Lipinski definition) is 6. The molecule has 0 bridgehead atoms. The molecule has 2 aromatic heterocycles. The summed E-state index contributed by atoms with van der Waals surface area (Å²) in [4.78, 5) is 4.26. The molecule has 7 heteroatoms. The molecule has 0 radical (unpaired) electrons. The second-order valence-corrected chi connectivity index (χ2v) is 4.73. The van der Waals surface area contributed by atoms with Gasteiger partial charge in [0.05, 0.1) is 5.60 Å². The van der Waals surface area contributed by atoms with Crippen LogP contribution in [0, 0.1) is 0 Å². The highest BCUT2D eigenvalue weighted by molar-refractivity contribution is 5.46. The van der Waals surface area contributed by atoms with Crippen LogP contribution >= 0.6 is 0 Å². The van der Waals surface area contributed by atoms with Crippen molar-refractivity contribution in [2.24, 2.45) is 7.05 Å². The molecule has 0 aliphatic carbocycles. The van der Waals surface area contributed by atoms with Gasteiger partial charge in [-0.15, -0.1) is 0 Å². The fraction of sp³-hybridized carbons (Fsp3) is 0.545. The maximum absolute atomic E-state index is 5.72. The van der Waals surface area contributed by atoms with Crippen molar-refractivity contribution in [3.05, 3.63) is 18.2 Å². The number of aromatic nitrogens is 4. The zero-order chi connectivity index (χ0) is 12.6. The molecule has 1 N–H and O–H groups in total. The molecule has 0 atom stereocenters. The molecule has 0 saturated carbocycles. The first-order chi connectivity index (χ1) is 8.65. The zero-order valence-corrected chi connectivity index (χ0v) is 10.4. The topological polar surface area (TPSA) is 78.0 Å². The lowest BCUT2D eigenvalue weighted by Gasteiger charge is -2.38. The molecule has 18 heavy (non-hydrogen) atoms. The van der Waals surface area contributed by atoms with Crippen LogP contribution in [0.2, 0.25) is 0 Å². The molecule has 1 aliphatic rings. The Hall–Kier alpha value is -1.73. The van der Waals surface area contributed by atoms with E-state index in [1.165, 1.54) is 0 Å². The predicted molar refractivity (Wildman–Crippen MR) is 62.6 cm³/mol. The Morgan fingerprint density at radius 1 is 1.56 bits per heavy atom. The number of aryl methyl sites for hydroxylation is 1. The van der Waals surface area contributed by atoms with Crippen molar-refractivity contribution in [2.75, 3.05) is 13.1 Å². The van der Waals surface area contributed by atoms with Crippen LogP contribution in [-0.2, 0) is 18.4 Å². The van der Waals surface area contributed by atoms with Crippen LogP contribution in [-0.4, -0.2) is 38.6 Å². The third kappa shape index (κ3) is 2.14. The Morgan fingerprint density at radius 2 is 2.39 bits per heavy atom. The summed E-state index contributed by atoms with van der Waals surface area (Å²) < 4.78 is 12.6. The van der Waals surface area contributed by atoms with E-state index in [0.29, 0.717) is 24.0 Å². The normalized spacial score (nSPS) is 17.7. The van der Waals surface area contributed by atoms with Gasteiger partial charge in [0.1, 0.15) is 12.3 Å². The van der Waals surface area contributed by atoms with Crippen molar-refractivity contribution in [3.63, 3.8) is 0 Å². The summed E-state index contributed by atoms with van der Waals surface area (Å²) in [5, 5.41) is 11.3. The molecule has 2 aromatic rings. The van der Waals surface area contributed by atoms with E-state index in [-0.39, 0.29) is 5.60 Å². The summed E-state index contributed by atoms with van der Waals surface area (Å²) in [6.45, 7) is 4.10. The van der Waals surface area contributed by atoms with E-state index >= 15 is 0 Å². The van der Waals surface area contributed by atoms with Gasteiger partial charge in [-0.2, -0.15) is 10.1 Å². The van der Waals surface area contributed by atoms with Crippen LogP contribution in [0.4, 0.5) is 0 Å². The van der Waals surface area contributed by atoms with Gasteiger partial charge in [0.25, 0.3) is 5.89 Å². The van der Waals surface area contributed by atoms with Crippen molar-refractivity contribution in [2.45, 2.75) is 19.1 Å². The van der Waals surface area contributed by atoms with E-state index in [1.54, 1.807) is 4.68 Å². The molecular weight excluding hydrogens is 234 g/mol. The van der Waals surface area contributed by atoms with E-state index in [2.05, 4.69) is 27.5 Å². The van der Waals surface area contributed by atoms with E-state index in [4.69, 9.17) is 9.26 Å². The van der Waals surface area contributed by atoms with Gasteiger partial charge in [0, 0.05) is 26.3 Å². The molecule has 1 fully saturated rings. The minimum absolute atomic E-state index is 0.111. The lowest BCUT2D eigenvalue weighted by molar-refractivity contribution is -0.0841. The fourth-order valence-electron chi connectivity index (χ4n) is 1.77. The standard InChI is InChI=1S/C11H15N5O2/c1-11(6-12-7-11)17-5-9-13-10(15-18-9)8-3-4-16(2)14-8/h3-4,12H,5-7H2,1-2H3. The predicted octanol–water partition coefficient (Wildman–Crippen LogP) is 0.349. The van der Waals surface area contributed by atoms with Crippen LogP contribution in [0.1, 0.15) is 12.8 Å². The molecule has 3 heterocycles. The highest BCUT2D eigenvalue weighted by Gasteiger charge is 2.33. The Labute approximate surface area is 104 Å². The van der Waals surface area contributed by atoms with Gasteiger partial charge >= 0.3 is 0 Å². The van der Waals surface area contributed by atoms with Crippen molar-refractivity contribution in [1.29, 1.82) is 0 Å². The van der Waals surface area contributed by atoms with Crippen molar-refractivity contribution < 1.29 is 9.26 Å². The average Bonchev–Trinajstić information content (AvgIpc) is 2.92. The largest absolute Gasteiger partial charge is 0.363 e. The van der Waals surface area contributed by atoms with Crippen LogP contribution in [0.3, 0.4) is 0 Å². The van der Waals surface area contributed by atoms with E-state index < -0.39 is 0 Å². The number of ether oxygens (including phenoxy) is 1. The Bertz CT molecular complexity index is 543. The van der Waals surface area contributed by atoms with Crippen molar-refractivity contribution in [3.8, 4) is 11.5 Å². The van der Waals surface area contributed by atoms with Gasteiger partial charge in [-0.3, -0.25) is 4.68 Å². The lowest BCUT2D eigenvalue weighted by Crippen LogP contribution is -2.58. The Kier molecular flexibility index (Phi) is 2.64. The van der Waals surface area contributed by atoms with Gasteiger partial charge in [0.2, 0.25) is 5.82 Å². The van der Waals surface area contributed by atoms with Gasteiger partial charge in [0.15, 0.2) is 0 Å². The molecule has 96 valence electrons. The van der Waals surface area contributed by atoms with Crippen molar-refractivity contribution >= 4 is 0 Å². The molecule has 7 nitrogen and oxygen atoms in total. The third-order valence-corrected chi connectivity index (χ3v) is 2.95. The Balaban J connectivity index is 1.66. The SMILES string of the molecule is Cn1ccc(-c2noc(COC3(C)CNC3)n2)n1. The molecular formula is C11H15N5O2. The monoisotopic (exact) mass is 249 g/mol. The van der Waals surface area contributed by atoms with Crippen LogP contribution in [0.5, 0.6) is 0 Å². The van der Waals surface area contributed by atoms with E-state index in [1.807, 2.05) is 19.3 Å². The number of nitrogens with zero attached hydrogens (tertiary/aromatic N) is 4. The maximum Gasteiger partial charge on any atom is 0.253 e. The summed E-state index contributed by atoms with van der Waals surface area (Å²) in [6, 6.07) is 1.84. The van der Waals surface area contributed by atoms with Crippen LogP contribution in [0.15, 0.2) is 16.8 Å². The molecule has 0 amide bonds. The molecule has 0 unspecified atom stereocenters. The van der Waals surface area contributed by atoms with Crippen LogP contribution < -0.4 is 5.32 Å². The molecule has 0 aromatic carbocycles. The highest BCUT2D eigenvalue weighted by atomic mass is 16.5. The molecule has 1 saturated heterocycles. The summed E-state index contributed by atoms with van der Waals surface area (Å²) in [5.74, 6) is 0.967. The second kappa shape index (κ2) is 4.18. The number of nitrogens with one attached hydrogen (secondary N) is 1. The first-order valence-corrected chi connectivity index (χ1v) is 5.82. The van der Waals surface area contributed by atoms with Gasteiger partial charge in [-0.25, -0.2) is 0 Å². The summed E-state index contributed by atoms with van der Waals surface area (Å²) >= 11 is 0. The molecule has 0 spiro atoms. The minimum Gasteiger partial charge on any atom is -0.363 e. The summed E-state index contributed by atoms with van der Waals surface area (Å²) in [5.41, 5.74) is 0.587. The third-order valence-electron chi connectivity index (χ3n) is 2.95. The van der Waals surface area contributed by atoms with Crippen LogP contribution in [0.25, 0.3) is 11.5 Å². The summed E-state index contributed by atoms with van der Waals surface area (Å²) in [7, 11) is 1.85. The minimum atomic E-state index is -0.111. The second-order valence-electron chi connectivity index (χ2n) is 4.73. The van der Waals surface area contributed by atoms with Gasteiger partial charge < -0.3 is 14.6 Å². The zero-order valence-electron chi connectivity index (χ0n) is 10.4. The maximum atomic E-state index is 5.72. The Morgan fingerprint density at radius 3 is 3.00 bits per heavy atom. The van der Waals surface area contributed by atoms with E-state index in [9.17, 15) is 0 Å². The average molecular weight is 249 g/mol. The smallest absolute Gasteiger partial charge is 0.253 e. The summed E-state index contributed by atoms with van der Waals surface area (Å²) in [6.07, 6.45) is 1.84. The highest BCUT2D eigenvalue weighted by Crippen LogP contribution is 2.18. The lowest BCUT2D eigenvalue weighted by atomic mass is 10.0. The first kappa shape index (κ1) is 11.4. The van der Waals surface area contributed by atoms with Gasteiger partial charge in [-0.05, 0) is 13.0 Å². The molecule has 1 aliphatic heterocycles. The van der Waals surface area contributed by atoms with Gasteiger partial charge in [-0.1, -0.05) is 5.16 Å². The quantitative estimate of drug-likeness (QED) is 0.842. The molecule has 3 rings (SSSR count). The fourth-order valence-corrected chi connectivity index (χ4v) is 1.77. The number of rotatable bonds is 4. The number of hydrogen-bond donors (Lipinski definition) is 1. The van der Waals surface area contributed by atoms with Crippen molar-refractivity contribution in [1.82, 2.24) is 25.2 Å². The first-order valence-electron chi connectivity index (χ1n) is 5.82.